The first-order valence-electron chi connectivity index (χ1n) is 11.5. The quantitative estimate of drug-likeness (QED) is 0.458. The summed E-state index contributed by atoms with van der Waals surface area (Å²) in [5.41, 5.74) is 3.01. The van der Waals surface area contributed by atoms with Gasteiger partial charge in [-0.3, -0.25) is 9.10 Å². The third-order valence-electron chi connectivity index (χ3n) is 6.13. The number of carbonyl (C=O) groups excluding carboxylic acids is 2. The van der Waals surface area contributed by atoms with E-state index in [0.717, 1.165) is 17.7 Å². The van der Waals surface area contributed by atoms with E-state index in [0.29, 0.717) is 11.3 Å². The molecule has 0 unspecified atom stereocenters. The van der Waals surface area contributed by atoms with E-state index in [1.54, 1.807) is 49.1 Å². The number of anilines is 2. The molecule has 4 rings (SSSR count). The molecule has 0 aromatic heterocycles. The van der Waals surface area contributed by atoms with E-state index in [-0.39, 0.29) is 29.0 Å². The largest absolute Gasteiger partial charge is 0.452 e. The number of esters is 1. The van der Waals surface area contributed by atoms with Gasteiger partial charge in [0.1, 0.15) is 0 Å². The third kappa shape index (κ3) is 4.79. The van der Waals surface area contributed by atoms with Gasteiger partial charge in [-0.2, -0.15) is 0 Å². The van der Waals surface area contributed by atoms with Crippen molar-refractivity contribution in [1.29, 1.82) is 0 Å². The molecule has 0 saturated heterocycles. The maximum absolute atomic E-state index is 13.5. The maximum atomic E-state index is 13.5. The van der Waals surface area contributed by atoms with Crippen LogP contribution in [0.25, 0.3) is 0 Å². The van der Waals surface area contributed by atoms with Crippen LogP contribution in [0.1, 0.15) is 35.3 Å². The number of amides is 1. The lowest BCUT2D eigenvalue weighted by atomic mass is 10.1. The van der Waals surface area contributed by atoms with Crippen molar-refractivity contribution in [3.63, 3.8) is 0 Å². The molecule has 0 radical (unpaired) electrons. The Hall–Kier alpha value is -3.65. The molecule has 8 heteroatoms. The van der Waals surface area contributed by atoms with Crippen LogP contribution in [0.2, 0.25) is 0 Å². The minimum atomic E-state index is -3.93. The van der Waals surface area contributed by atoms with Crippen LogP contribution in [-0.4, -0.2) is 39.5 Å². The lowest BCUT2D eigenvalue weighted by Gasteiger charge is -2.24. The van der Waals surface area contributed by atoms with Crippen LogP contribution >= 0.6 is 0 Å². The Balaban J connectivity index is 1.53. The van der Waals surface area contributed by atoms with Crippen LogP contribution in [0.15, 0.2) is 77.7 Å². The van der Waals surface area contributed by atoms with Crippen molar-refractivity contribution in [2.75, 3.05) is 22.4 Å². The lowest BCUT2D eigenvalue weighted by Crippen LogP contribution is -2.38. The summed E-state index contributed by atoms with van der Waals surface area (Å²) >= 11 is 0. The summed E-state index contributed by atoms with van der Waals surface area (Å²) < 4.78 is 33.5. The molecular formula is C27H28N2O5S. The molecule has 0 saturated carbocycles. The third-order valence-corrected chi connectivity index (χ3v) is 8.17. The number of rotatable bonds is 7. The fourth-order valence-corrected chi connectivity index (χ4v) is 6.16. The number of para-hydroxylation sites is 2. The van der Waals surface area contributed by atoms with Gasteiger partial charge in [0.15, 0.2) is 6.61 Å². The molecule has 1 aliphatic rings. The summed E-state index contributed by atoms with van der Waals surface area (Å²) in [7, 11) is -3.93. The summed E-state index contributed by atoms with van der Waals surface area (Å²) in [4.78, 5) is 27.3. The minimum Gasteiger partial charge on any atom is -0.452 e. The highest BCUT2D eigenvalue weighted by atomic mass is 32.2. The van der Waals surface area contributed by atoms with Crippen molar-refractivity contribution in [2.45, 2.75) is 38.1 Å². The summed E-state index contributed by atoms with van der Waals surface area (Å²) in [6, 6.07) is 20.8. The number of sulfonamides is 1. The second kappa shape index (κ2) is 9.92. The SMILES string of the molecule is CCN(c1ccccc1)S(=O)(=O)c1cc(C(=O)OCC(=O)N2c3ccccc3C[C@H]2C)ccc1C. The number of hydrogen-bond acceptors (Lipinski definition) is 5. The van der Waals surface area contributed by atoms with Gasteiger partial charge in [0, 0.05) is 18.3 Å². The highest BCUT2D eigenvalue weighted by Gasteiger charge is 2.31. The summed E-state index contributed by atoms with van der Waals surface area (Å²) in [6.45, 7) is 5.17. The van der Waals surface area contributed by atoms with Crippen LogP contribution < -0.4 is 9.21 Å². The fraction of sp³-hybridized carbons (Fsp3) is 0.259. The standard InChI is InChI=1S/C27H28N2O5S/c1-4-28(23-11-6-5-7-12-23)35(32,33)25-17-22(15-14-19(25)2)27(31)34-18-26(30)29-20(3)16-21-10-8-9-13-24(21)29/h5-15,17,20H,4,16,18H2,1-3H3/t20-/m1/s1. The highest BCUT2D eigenvalue weighted by molar-refractivity contribution is 7.92. The number of ether oxygens (including phenoxy) is 1. The monoisotopic (exact) mass is 492 g/mol. The van der Waals surface area contributed by atoms with Crippen LogP contribution in [0.3, 0.4) is 0 Å². The summed E-state index contributed by atoms with van der Waals surface area (Å²) in [5.74, 6) is -1.07. The van der Waals surface area contributed by atoms with Crippen molar-refractivity contribution < 1.29 is 22.7 Å². The zero-order valence-electron chi connectivity index (χ0n) is 20.0. The Bertz CT molecular complexity index is 1350. The Morgan fingerprint density at radius 1 is 1.03 bits per heavy atom. The van der Waals surface area contributed by atoms with Crippen LogP contribution in [0.4, 0.5) is 11.4 Å². The molecule has 3 aromatic carbocycles. The van der Waals surface area contributed by atoms with Gasteiger partial charge < -0.3 is 9.64 Å². The molecule has 1 atom stereocenters. The topological polar surface area (TPSA) is 84.0 Å². The van der Waals surface area contributed by atoms with Gasteiger partial charge in [0.05, 0.1) is 16.1 Å². The second-order valence-electron chi connectivity index (χ2n) is 8.51. The van der Waals surface area contributed by atoms with Gasteiger partial charge in [0.25, 0.3) is 15.9 Å². The molecule has 1 amide bonds. The number of fused-ring (bicyclic) bond motifs is 1. The van der Waals surface area contributed by atoms with Crippen molar-refractivity contribution in [3.05, 3.63) is 89.5 Å². The van der Waals surface area contributed by atoms with Crippen molar-refractivity contribution in [1.82, 2.24) is 0 Å². The zero-order chi connectivity index (χ0) is 25.2. The Morgan fingerprint density at radius 3 is 2.43 bits per heavy atom. The molecule has 35 heavy (non-hydrogen) atoms. The van der Waals surface area contributed by atoms with Crippen LogP contribution in [0, 0.1) is 6.92 Å². The van der Waals surface area contributed by atoms with Gasteiger partial charge in [-0.15, -0.1) is 0 Å². The first-order chi connectivity index (χ1) is 16.7. The molecule has 1 heterocycles. The van der Waals surface area contributed by atoms with Crippen LogP contribution in [0.5, 0.6) is 0 Å². The van der Waals surface area contributed by atoms with Gasteiger partial charge in [-0.25, -0.2) is 13.2 Å². The first kappa shape index (κ1) is 24.5. The molecule has 0 spiro atoms. The average molecular weight is 493 g/mol. The van der Waals surface area contributed by atoms with E-state index in [4.69, 9.17) is 4.74 Å². The molecule has 3 aromatic rings. The Labute approximate surface area is 206 Å². The first-order valence-corrected chi connectivity index (χ1v) is 12.9. The number of benzene rings is 3. The van der Waals surface area contributed by atoms with E-state index < -0.39 is 22.6 Å². The van der Waals surface area contributed by atoms with Gasteiger partial charge in [0.2, 0.25) is 0 Å². The molecule has 0 bridgehead atoms. The van der Waals surface area contributed by atoms with E-state index in [9.17, 15) is 18.0 Å². The van der Waals surface area contributed by atoms with Crippen molar-refractivity contribution in [2.24, 2.45) is 0 Å². The van der Waals surface area contributed by atoms with E-state index in [1.165, 1.54) is 16.4 Å². The van der Waals surface area contributed by atoms with Crippen molar-refractivity contribution >= 4 is 33.3 Å². The molecule has 7 nitrogen and oxygen atoms in total. The van der Waals surface area contributed by atoms with E-state index >= 15 is 0 Å². The van der Waals surface area contributed by atoms with Gasteiger partial charge in [-0.05, 0) is 68.7 Å². The highest BCUT2D eigenvalue weighted by Crippen LogP contribution is 2.32. The normalized spacial score (nSPS) is 14.9. The molecule has 0 aliphatic carbocycles. The molecule has 1 aliphatic heterocycles. The number of nitrogens with zero attached hydrogens (tertiary/aromatic N) is 2. The molecule has 182 valence electrons. The number of hydrogen-bond donors (Lipinski definition) is 0. The Morgan fingerprint density at radius 2 is 1.71 bits per heavy atom. The predicted molar refractivity (Wildman–Crippen MR) is 135 cm³/mol. The fourth-order valence-electron chi connectivity index (χ4n) is 4.44. The van der Waals surface area contributed by atoms with Crippen LogP contribution in [-0.2, 0) is 26.0 Å². The minimum absolute atomic E-state index is 0.0195. The molecule has 0 N–H and O–H groups in total. The summed E-state index contributed by atoms with van der Waals surface area (Å²) in [5, 5.41) is 0. The average Bonchev–Trinajstić information content (AvgIpc) is 3.19. The predicted octanol–water partition coefficient (Wildman–Crippen LogP) is 4.34. The Kier molecular flexibility index (Phi) is 6.93. The molecular weight excluding hydrogens is 464 g/mol. The van der Waals surface area contributed by atoms with E-state index in [2.05, 4.69) is 0 Å². The van der Waals surface area contributed by atoms with Gasteiger partial charge >= 0.3 is 5.97 Å². The second-order valence-corrected chi connectivity index (χ2v) is 10.3. The zero-order valence-corrected chi connectivity index (χ0v) is 20.8. The number of carbonyl (C=O) groups is 2. The van der Waals surface area contributed by atoms with Crippen molar-refractivity contribution in [3.8, 4) is 0 Å². The smallest absolute Gasteiger partial charge is 0.338 e. The van der Waals surface area contributed by atoms with Gasteiger partial charge in [-0.1, -0.05) is 42.5 Å². The maximum Gasteiger partial charge on any atom is 0.338 e. The summed E-state index contributed by atoms with van der Waals surface area (Å²) in [6.07, 6.45) is 0.740. The van der Waals surface area contributed by atoms with E-state index in [1.807, 2.05) is 37.3 Å². The number of aryl methyl sites for hydroxylation is 1. The molecule has 0 fully saturated rings. The lowest BCUT2D eigenvalue weighted by molar-refractivity contribution is -0.122.